The lowest BCUT2D eigenvalue weighted by atomic mass is 10.1. The Morgan fingerprint density at radius 2 is 2.18 bits per heavy atom. The van der Waals surface area contributed by atoms with Gasteiger partial charge in [-0.05, 0) is 24.9 Å². The van der Waals surface area contributed by atoms with Gasteiger partial charge in [0.15, 0.2) is 0 Å². The van der Waals surface area contributed by atoms with E-state index < -0.39 is 0 Å². The Bertz CT molecular complexity index is 366. The summed E-state index contributed by atoms with van der Waals surface area (Å²) in [5.74, 6) is 0.572. The first-order chi connectivity index (χ1) is 8.13. The number of aromatic hydroxyl groups is 1. The number of nitrogens with two attached hydrogens (primary N) is 1. The first-order valence-electron chi connectivity index (χ1n) is 5.87. The third kappa shape index (κ3) is 4.87. The molecule has 1 atom stereocenters. The van der Waals surface area contributed by atoms with Gasteiger partial charge in [-0.15, -0.1) is 0 Å². The maximum atomic E-state index is 11.5. The molecule has 1 amide bonds. The summed E-state index contributed by atoms with van der Waals surface area (Å²) in [7, 11) is 0. The third-order valence-corrected chi connectivity index (χ3v) is 2.73. The van der Waals surface area contributed by atoms with Crippen LogP contribution >= 0.6 is 0 Å². The van der Waals surface area contributed by atoms with Crippen LogP contribution in [0.15, 0.2) is 24.3 Å². The number of rotatable bonds is 6. The molecule has 0 aliphatic rings. The lowest BCUT2D eigenvalue weighted by Crippen LogP contribution is -2.24. The second-order valence-electron chi connectivity index (χ2n) is 4.28. The zero-order valence-electron chi connectivity index (χ0n) is 10.1. The molecular formula is C13H20N2O2. The summed E-state index contributed by atoms with van der Waals surface area (Å²) < 4.78 is 0. The molecule has 4 heteroatoms. The molecule has 1 unspecified atom stereocenters. The second kappa shape index (κ2) is 6.91. The van der Waals surface area contributed by atoms with Crippen LogP contribution in [0.3, 0.4) is 0 Å². The number of hydrogen-bond donors (Lipinski definition) is 3. The van der Waals surface area contributed by atoms with Crippen LogP contribution in [0.5, 0.6) is 5.75 Å². The Morgan fingerprint density at radius 3 is 2.82 bits per heavy atom. The first kappa shape index (κ1) is 13.5. The van der Waals surface area contributed by atoms with Gasteiger partial charge in [0.05, 0.1) is 0 Å². The van der Waals surface area contributed by atoms with Gasteiger partial charge >= 0.3 is 0 Å². The third-order valence-electron chi connectivity index (χ3n) is 2.73. The normalized spacial score (nSPS) is 12.1. The highest BCUT2D eigenvalue weighted by Gasteiger charge is 2.06. The topological polar surface area (TPSA) is 75.4 Å². The fourth-order valence-corrected chi connectivity index (χ4v) is 1.44. The smallest absolute Gasteiger partial charge is 0.220 e. The Hall–Kier alpha value is -1.55. The maximum Gasteiger partial charge on any atom is 0.220 e. The van der Waals surface area contributed by atoms with Crippen molar-refractivity contribution in [1.82, 2.24) is 5.32 Å². The molecule has 0 aliphatic carbocycles. The van der Waals surface area contributed by atoms with Crippen molar-refractivity contribution < 1.29 is 9.90 Å². The van der Waals surface area contributed by atoms with Crippen molar-refractivity contribution in [3.8, 4) is 5.75 Å². The summed E-state index contributed by atoms with van der Waals surface area (Å²) in [4.78, 5) is 11.5. The summed E-state index contributed by atoms with van der Waals surface area (Å²) in [6.45, 7) is 2.99. The van der Waals surface area contributed by atoms with E-state index in [0.717, 1.165) is 12.0 Å². The van der Waals surface area contributed by atoms with E-state index in [-0.39, 0.29) is 11.7 Å². The van der Waals surface area contributed by atoms with Crippen LogP contribution in [-0.2, 0) is 11.3 Å². The predicted molar refractivity (Wildman–Crippen MR) is 67.4 cm³/mol. The Labute approximate surface area is 102 Å². The first-order valence-corrected chi connectivity index (χ1v) is 5.87. The standard InChI is InChI=1S/C13H20N2O2/c1-10(8-14)6-7-13(17)15-9-11-4-2-3-5-12(11)16/h2-5,10,16H,6-9,14H2,1H3,(H,15,17). The fourth-order valence-electron chi connectivity index (χ4n) is 1.44. The molecular weight excluding hydrogens is 216 g/mol. The fraction of sp³-hybridized carbons (Fsp3) is 0.462. The number of amides is 1. The average molecular weight is 236 g/mol. The quantitative estimate of drug-likeness (QED) is 0.698. The number of benzene rings is 1. The molecule has 0 aromatic heterocycles. The lowest BCUT2D eigenvalue weighted by Gasteiger charge is -2.09. The molecule has 0 heterocycles. The summed E-state index contributed by atoms with van der Waals surface area (Å²) in [5, 5.41) is 12.3. The highest BCUT2D eigenvalue weighted by Crippen LogP contribution is 2.14. The van der Waals surface area contributed by atoms with Crippen molar-refractivity contribution in [2.24, 2.45) is 11.7 Å². The van der Waals surface area contributed by atoms with Crippen LogP contribution in [0.1, 0.15) is 25.3 Å². The number of carbonyl (C=O) groups excluding carboxylic acids is 1. The lowest BCUT2D eigenvalue weighted by molar-refractivity contribution is -0.121. The van der Waals surface area contributed by atoms with Crippen molar-refractivity contribution in [1.29, 1.82) is 0 Å². The minimum Gasteiger partial charge on any atom is -0.508 e. The molecule has 0 aliphatic heterocycles. The number of hydrogen-bond acceptors (Lipinski definition) is 3. The van der Waals surface area contributed by atoms with Crippen LogP contribution in [0.2, 0.25) is 0 Å². The SMILES string of the molecule is CC(CN)CCC(=O)NCc1ccccc1O. The van der Waals surface area contributed by atoms with E-state index in [9.17, 15) is 9.90 Å². The summed E-state index contributed by atoms with van der Waals surface area (Å²) >= 11 is 0. The van der Waals surface area contributed by atoms with E-state index in [1.165, 1.54) is 0 Å². The van der Waals surface area contributed by atoms with Gasteiger partial charge in [-0.1, -0.05) is 25.1 Å². The number of nitrogens with one attached hydrogen (secondary N) is 1. The van der Waals surface area contributed by atoms with Crippen LogP contribution in [0, 0.1) is 5.92 Å². The largest absolute Gasteiger partial charge is 0.508 e. The zero-order chi connectivity index (χ0) is 12.7. The van der Waals surface area contributed by atoms with Crippen molar-refractivity contribution in [2.75, 3.05) is 6.54 Å². The molecule has 94 valence electrons. The van der Waals surface area contributed by atoms with Crippen LogP contribution in [0.25, 0.3) is 0 Å². The minimum atomic E-state index is -0.00597. The highest BCUT2D eigenvalue weighted by molar-refractivity contribution is 5.75. The average Bonchev–Trinajstić information content (AvgIpc) is 2.35. The van der Waals surface area contributed by atoms with Gasteiger partial charge in [-0.3, -0.25) is 4.79 Å². The van der Waals surface area contributed by atoms with E-state index in [0.29, 0.717) is 25.4 Å². The van der Waals surface area contributed by atoms with Gasteiger partial charge in [-0.25, -0.2) is 0 Å². The Kier molecular flexibility index (Phi) is 5.49. The number of carbonyl (C=O) groups is 1. The second-order valence-corrected chi connectivity index (χ2v) is 4.28. The number of phenols is 1. The molecule has 0 spiro atoms. The monoisotopic (exact) mass is 236 g/mol. The van der Waals surface area contributed by atoms with Gasteiger partial charge in [0.25, 0.3) is 0 Å². The molecule has 1 rings (SSSR count). The molecule has 0 saturated carbocycles. The highest BCUT2D eigenvalue weighted by atomic mass is 16.3. The van der Waals surface area contributed by atoms with Crippen LogP contribution in [-0.4, -0.2) is 17.6 Å². The van der Waals surface area contributed by atoms with Crippen molar-refractivity contribution >= 4 is 5.91 Å². The number of para-hydroxylation sites is 1. The Balaban J connectivity index is 2.31. The molecule has 4 N–H and O–H groups in total. The van der Waals surface area contributed by atoms with Gasteiger partial charge < -0.3 is 16.2 Å². The molecule has 1 aromatic carbocycles. The van der Waals surface area contributed by atoms with E-state index in [1.54, 1.807) is 18.2 Å². The van der Waals surface area contributed by atoms with Crippen LogP contribution in [0.4, 0.5) is 0 Å². The van der Waals surface area contributed by atoms with E-state index in [4.69, 9.17) is 5.73 Å². The van der Waals surface area contributed by atoms with Crippen molar-refractivity contribution in [3.63, 3.8) is 0 Å². The van der Waals surface area contributed by atoms with E-state index in [1.807, 2.05) is 13.0 Å². The summed E-state index contributed by atoms with van der Waals surface area (Å²) in [5.41, 5.74) is 6.21. The Morgan fingerprint density at radius 1 is 1.47 bits per heavy atom. The van der Waals surface area contributed by atoms with Gasteiger partial charge in [0, 0.05) is 18.5 Å². The molecule has 0 saturated heterocycles. The van der Waals surface area contributed by atoms with E-state index in [2.05, 4.69) is 5.32 Å². The molecule has 17 heavy (non-hydrogen) atoms. The summed E-state index contributed by atoms with van der Waals surface area (Å²) in [6, 6.07) is 6.98. The van der Waals surface area contributed by atoms with Crippen molar-refractivity contribution in [2.45, 2.75) is 26.3 Å². The maximum absolute atomic E-state index is 11.5. The number of phenolic OH excluding ortho intramolecular Hbond substituents is 1. The van der Waals surface area contributed by atoms with Gasteiger partial charge in [-0.2, -0.15) is 0 Å². The minimum absolute atomic E-state index is 0.00597. The van der Waals surface area contributed by atoms with Gasteiger partial charge in [0.1, 0.15) is 5.75 Å². The van der Waals surface area contributed by atoms with Crippen molar-refractivity contribution in [3.05, 3.63) is 29.8 Å². The molecule has 4 nitrogen and oxygen atoms in total. The van der Waals surface area contributed by atoms with Crippen LogP contribution < -0.4 is 11.1 Å². The molecule has 0 fully saturated rings. The zero-order valence-corrected chi connectivity index (χ0v) is 10.1. The molecule has 0 bridgehead atoms. The van der Waals surface area contributed by atoms with E-state index >= 15 is 0 Å². The van der Waals surface area contributed by atoms with Gasteiger partial charge in [0.2, 0.25) is 5.91 Å². The summed E-state index contributed by atoms with van der Waals surface area (Å²) in [6.07, 6.45) is 1.27. The molecule has 1 aromatic rings. The molecule has 0 radical (unpaired) electrons. The predicted octanol–water partition coefficient (Wildman–Crippen LogP) is 1.38.